The minimum atomic E-state index is -1.01. The zero-order chi connectivity index (χ0) is 12.6. The summed E-state index contributed by atoms with van der Waals surface area (Å²) in [7, 11) is 0. The van der Waals surface area contributed by atoms with Crippen LogP contribution in [0.3, 0.4) is 0 Å². The molecule has 3 atom stereocenters. The third-order valence-electron chi connectivity index (χ3n) is 2.64. The fraction of sp³-hybridized carbons (Fsp3) is 0.400. The van der Waals surface area contributed by atoms with E-state index >= 15 is 0 Å². The summed E-state index contributed by atoms with van der Waals surface area (Å²) < 4.78 is 6.49. The molecule has 2 heterocycles. The molecule has 0 spiro atoms. The Balaban J connectivity index is 0.00000162. The maximum absolute atomic E-state index is 11.6. The summed E-state index contributed by atoms with van der Waals surface area (Å²) in [5.74, 6) is 0.106. The Morgan fingerprint density at radius 2 is 2.16 bits per heavy atom. The summed E-state index contributed by atoms with van der Waals surface area (Å²) in [5, 5.41) is 18.7. The second-order valence-electron chi connectivity index (χ2n) is 3.77. The molecule has 1 aliphatic heterocycles. The monoisotopic (exact) mass is 275 g/mol. The van der Waals surface area contributed by atoms with Gasteiger partial charge in [0.25, 0.3) is 0 Å². The predicted molar refractivity (Wildman–Crippen MR) is 66.3 cm³/mol. The van der Waals surface area contributed by atoms with Gasteiger partial charge >= 0.3 is 5.69 Å². The van der Waals surface area contributed by atoms with Gasteiger partial charge in [0.05, 0.1) is 6.61 Å². The van der Waals surface area contributed by atoms with Crippen LogP contribution in [0.25, 0.3) is 0 Å². The van der Waals surface area contributed by atoms with Gasteiger partial charge in [0, 0.05) is 11.8 Å². The van der Waals surface area contributed by atoms with E-state index in [0.29, 0.717) is 5.57 Å². The molecule has 1 aromatic rings. The minimum absolute atomic E-state index is 0. The molecule has 0 aromatic carbocycles. The number of hydrogen-bond donors (Lipinski definition) is 3. The maximum atomic E-state index is 11.6. The number of nitrogen functional groups attached to an aromatic ring is 1. The second kappa shape index (κ2) is 6.41. The van der Waals surface area contributed by atoms with Crippen molar-refractivity contribution in [2.45, 2.75) is 18.4 Å². The SMILES string of the molecule is C=C1C(O)[C@@H](CO)O[C@H]1n1ccc(N)nc1=O.O.O. The summed E-state index contributed by atoms with van der Waals surface area (Å²) in [6.45, 7) is 3.30. The number of anilines is 1. The van der Waals surface area contributed by atoms with Crippen LogP contribution in [0.5, 0.6) is 0 Å². The van der Waals surface area contributed by atoms with Crippen molar-refractivity contribution in [3.63, 3.8) is 0 Å². The van der Waals surface area contributed by atoms with E-state index in [9.17, 15) is 9.90 Å². The first-order valence-electron chi connectivity index (χ1n) is 5.02. The Hall–Kier alpha value is -1.78. The number of nitrogens with two attached hydrogens (primary N) is 1. The normalized spacial score (nSPS) is 25.6. The first kappa shape index (κ1) is 17.2. The fourth-order valence-corrected chi connectivity index (χ4v) is 1.70. The Kier molecular flexibility index (Phi) is 5.81. The van der Waals surface area contributed by atoms with Gasteiger partial charge in [0.2, 0.25) is 0 Å². The van der Waals surface area contributed by atoms with Crippen molar-refractivity contribution < 1.29 is 25.9 Å². The highest BCUT2D eigenvalue weighted by atomic mass is 16.5. The average Bonchev–Trinajstić information content (AvgIpc) is 2.57. The van der Waals surface area contributed by atoms with Gasteiger partial charge in [-0.15, -0.1) is 0 Å². The number of ether oxygens (including phenoxy) is 1. The summed E-state index contributed by atoms with van der Waals surface area (Å²) >= 11 is 0. The van der Waals surface area contributed by atoms with E-state index < -0.39 is 24.1 Å². The average molecular weight is 275 g/mol. The van der Waals surface area contributed by atoms with Crippen LogP contribution in [-0.2, 0) is 4.74 Å². The molecule has 19 heavy (non-hydrogen) atoms. The van der Waals surface area contributed by atoms with Gasteiger partial charge in [-0.2, -0.15) is 4.98 Å². The molecule has 1 aliphatic rings. The molecule has 0 radical (unpaired) electrons. The molecule has 9 heteroatoms. The van der Waals surface area contributed by atoms with E-state index in [0.717, 1.165) is 4.57 Å². The lowest BCUT2D eigenvalue weighted by molar-refractivity contribution is -0.0447. The molecule has 9 nitrogen and oxygen atoms in total. The van der Waals surface area contributed by atoms with Crippen molar-refractivity contribution in [3.05, 3.63) is 34.9 Å². The van der Waals surface area contributed by atoms with E-state index in [4.69, 9.17) is 15.6 Å². The molecule has 2 rings (SSSR count). The highest BCUT2D eigenvalue weighted by molar-refractivity contribution is 5.24. The Labute approximate surface area is 108 Å². The zero-order valence-electron chi connectivity index (χ0n) is 9.98. The molecule has 1 fully saturated rings. The minimum Gasteiger partial charge on any atom is -0.412 e. The van der Waals surface area contributed by atoms with Crippen molar-refractivity contribution in [1.29, 1.82) is 0 Å². The number of aliphatic hydroxyl groups is 2. The topological polar surface area (TPSA) is 174 Å². The molecule has 0 amide bonds. The van der Waals surface area contributed by atoms with E-state index in [1.165, 1.54) is 12.3 Å². The molecule has 0 aliphatic carbocycles. The number of nitrogens with zero attached hydrogens (tertiary/aromatic N) is 2. The summed E-state index contributed by atoms with van der Waals surface area (Å²) in [6.07, 6.45) is -1.21. The molecule has 0 saturated carbocycles. The van der Waals surface area contributed by atoms with Crippen molar-refractivity contribution in [3.8, 4) is 0 Å². The van der Waals surface area contributed by atoms with Crippen LogP contribution in [-0.4, -0.2) is 49.5 Å². The lowest BCUT2D eigenvalue weighted by Crippen LogP contribution is -2.28. The number of hydrogen-bond acceptors (Lipinski definition) is 6. The van der Waals surface area contributed by atoms with E-state index in [2.05, 4.69) is 11.6 Å². The highest BCUT2D eigenvalue weighted by Gasteiger charge is 2.38. The van der Waals surface area contributed by atoms with Gasteiger partial charge in [0.15, 0.2) is 6.23 Å². The molecule has 1 aromatic heterocycles. The highest BCUT2D eigenvalue weighted by Crippen LogP contribution is 2.31. The third-order valence-corrected chi connectivity index (χ3v) is 2.64. The van der Waals surface area contributed by atoms with Gasteiger partial charge in [-0.1, -0.05) is 6.58 Å². The number of rotatable bonds is 2. The first-order chi connectivity index (χ1) is 8.04. The Morgan fingerprint density at radius 1 is 1.53 bits per heavy atom. The predicted octanol–water partition coefficient (Wildman–Crippen LogP) is -3.02. The van der Waals surface area contributed by atoms with Crippen LogP contribution in [0, 0.1) is 0 Å². The number of aromatic nitrogens is 2. The smallest absolute Gasteiger partial charge is 0.351 e. The first-order valence-corrected chi connectivity index (χ1v) is 5.02. The lowest BCUT2D eigenvalue weighted by atomic mass is 10.1. The molecule has 0 bridgehead atoms. The van der Waals surface area contributed by atoms with Crippen LogP contribution in [0.15, 0.2) is 29.2 Å². The van der Waals surface area contributed by atoms with Gasteiger partial charge in [-0.25, -0.2) is 4.79 Å². The molecular weight excluding hydrogens is 258 g/mol. The van der Waals surface area contributed by atoms with Crippen molar-refractivity contribution in [2.24, 2.45) is 0 Å². The van der Waals surface area contributed by atoms with Crippen molar-refractivity contribution in [2.75, 3.05) is 12.3 Å². The van der Waals surface area contributed by atoms with Gasteiger partial charge in [-0.05, 0) is 6.07 Å². The molecular formula is C10H17N3O6. The summed E-state index contributed by atoms with van der Waals surface area (Å²) in [5.41, 5.74) is 5.07. The summed E-state index contributed by atoms with van der Waals surface area (Å²) in [4.78, 5) is 15.1. The second-order valence-corrected chi connectivity index (χ2v) is 3.77. The lowest BCUT2D eigenvalue weighted by Gasteiger charge is -2.14. The van der Waals surface area contributed by atoms with E-state index in [1.54, 1.807) is 0 Å². The van der Waals surface area contributed by atoms with Crippen LogP contribution in [0.4, 0.5) is 5.82 Å². The van der Waals surface area contributed by atoms with Gasteiger partial charge in [0.1, 0.15) is 18.0 Å². The molecule has 108 valence electrons. The van der Waals surface area contributed by atoms with Crippen molar-refractivity contribution in [1.82, 2.24) is 9.55 Å². The van der Waals surface area contributed by atoms with Crippen LogP contribution in [0.2, 0.25) is 0 Å². The van der Waals surface area contributed by atoms with Crippen LogP contribution in [0.1, 0.15) is 6.23 Å². The maximum Gasteiger partial charge on any atom is 0.351 e. The molecule has 1 saturated heterocycles. The Bertz CT molecular complexity index is 502. The van der Waals surface area contributed by atoms with Gasteiger partial charge in [-0.3, -0.25) is 4.57 Å². The van der Waals surface area contributed by atoms with E-state index in [1.807, 2.05) is 0 Å². The number of aliphatic hydroxyl groups excluding tert-OH is 2. The van der Waals surface area contributed by atoms with E-state index in [-0.39, 0.29) is 23.4 Å². The molecule has 1 unspecified atom stereocenters. The van der Waals surface area contributed by atoms with Gasteiger partial charge < -0.3 is 31.6 Å². The molecule has 8 N–H and O–H groups in total. The van der Waals surface area contributed by atoms with Crippen LogP contribution >= 0.6 is 0 Å². The summed E-state index contributed by atoms with van der Waals surface area (Å²) in [6, 6.07) is 1.44. The quantitative estimate of drug-likeness (QED) is 0.484. The Morgan fingerprint density at radius 3 is 2.63 bits per heavy atom. The largest absolute Gasteiger partial charge is 0.412 e. The fourth-order valence-electron chi connectivity index (χ4n) is 1.70. The zero-order valence-corrected chi connectivity index (χ0v) is 9.98. The third kappa shape index (κ3) is 2.97. The van der Waals surface area contributed by atoms with Crippen LogP contribution < -0.4 is 11.4 Å². The standard InChI is InChI=1S/C10H13N3O4.2H2O/c1-5-8(15)6(4-14)17-9(5)13-3-2-7(11)12-10(13)16;;/h2-3,6,8-9,14-15H,1,4H2,(H2,11,12,16);2*1H2/t6-,8?,9-;;/m1../s1. The van der Waals surface area contributed by atoms with Crippen molar-refractivity contribution >= 4 is 5.82 Å².